The summed E-state index contributed by atoms with van der Waals surface area (Å²) in [5, 5.41) is 9.88. The minimum Gasteiger partial charge on any atom is -0.386 e. The van der Waals surface area contributed by atoms with Crippen LogP contribution < -0.4 is 5.73 Å². The Morgan fingerprint density at radius 1 is 1.67 bits per heavy atom. The van der Waals surface area contributed by atoms with E-state index in [4.69, 9.17) is 10.5 Å². The van der Waals surface area contributed by atoms with Crippen LogP contribution in [0.5, 0.6) is 0 Å². The predicted octanol–water partition coefficient (Wildman–Crippen LogP) is -0.666. The molecule has 0 radical (unpaired) electrons. The molecule has 0 bridgehead atoms. The lowest BCUT2D eigenvalue weighted by Crippen LogP contribution is -2.66. The van der Waals surface area contributed by atoms with Gasteiger partial charge >= 0.3 is 0 Å². The van der Waals surface area contributed by atoms with E-state index in [1.54, 1.807) is 4.90 Å². The molecule has 0 aromatic heterocycles. The molecule has 1 heterocycles. The van der Waals surface area contributed by atoms with Gasteiger partial charge in [-0.1, -0.05) is 13.3 Å². The molecule has 1 saturated heterocycles. The highest BCUT2D eigenvalue weighted by atomic mass is 16.5. The third-order valence-electron chi connectivity index (χ3n) is 2.66. The summed E-state index contributed by atoms with van der Waals surface area (Å²) < 4.78 is 4.81. The van der Waals surface area contributed by atoms with Crippen LogP contribution in [0.3, 0.4) is 0 Å². The van der Waals surface area contributed by atoms with Gasteiger partial charge < -0.3 is 20.5 Å². The fourth-order valence-corrected chi connectivity index (χ4v) is 1.93. The number of carbonyl (C=O) groups excluding carboxylic acids is 1. The van der Waals surface area contributed by atoms with Crippen molar-refractivity contribution in [3.05, 3.63) is 0 Å². The zero-order chi connectivity index (χ0) is 11.5. The number of ether oxygens (including phenoxy) is 1. The first-order chi connectivity index (χ1) is 7.02. The van der Waals surface area contributed by atoms with Gasteiger partial charge in [-0.2, -0.15) is 0 Å². The maximum Gasteiger partial charge on any atom is 0.242 e. The van der Waals surface area contributed by atoms with Gasteiger partial charge in [-0.3, -0.25) is 4.79 Å². The van der Waals surface area contributed by atoms with E-state index in [0.29, 0.717) is 13.1 Å². The predicted molar refractivity (Wildman–Crippen MR) is 56.3 cm³/mol. The van der Waals surface area contributed by atoms with Crippen LogP contribution in [0.1, 0.15) is 19.8 Å². The summed E-state index contributed by atoms with van der Waals surface area (Å²) in [5.74, 6) is -0.141. The van der Waals surface area contributed by atoms with Crippen molar-refractivity contribution < 1.29 is 14.6 Å². The number of nitrogens with two attached hydrogens (primary N) is 1. The van der Waals surface area contributed by atoms with Gasteiger partial charge in [0.1, 0.15) is 6.04 Å². The molecule has 1 rings (SSSR count). The van der Waals surface area contributed by atoms with Crippen molar-refractivity contribution >= 4 is 5.91 Å². The van der Waals surface area contributed by atoms with Crippen molar-refractivity contribution in [1.29, 1.82) is 0 Å². The van der Waals surface area contributed by atoms with Gasteiger partial charge in [0.05, 0.1) is 25.3 Å². The lowest BCUT2D eigenvalue weighted by atomic mass is 9.89. The van der Waals surface area contributed by atoms with Gasteiger partial charge in [0.2, 0.25) is 5.91 Å². The van der Waals surface area contributed by atoms with E-state index in [0.717, 1.165) is 12.8 Å². The molecule has 15 heavy (non-hydrogen) atoms. The molecule has 1 aliphatic heterocycles. The van der Waals surface area contributed by atoms with Gasteiger partial charge in [0.25, 0.3) is 0 Å². The molecule has 0 aliphatic carbocycles. The molecule has 88 valence electrons. The second kappa shape index (κ2) is 4.92. The lowest BCUT2D eigenvalue weighted by molar-refractivity contribution is -0.158. The van der Waals surface area contributed by atoms with E-state index in [9.17, 15) is 9.90 Å². The first-order valence-electron chi connectivity index (χ1n) is 5.28. The minimum atomic E-state index is -0.683. The number of carbonyl (C=O) groups is 1. The van der Waals surface area contributed by atoms with Gasteiger partial charge in [-0.15, -0.1) is 0 Å². The van der Waals surface area contributed by atoms with Crippen molar-refractivity contribution in [2.45, 2.75) is 31.4 Å². The Morgan fingerprint density at radius 3 is 2.73 bits per heavy atom. The zero-order valence-corrected chi connectivity index (χ0v) is 9.40. The minimum absolute atomic E-state index is 0.141. The highest BCUT2D eigenvalue weighted by Gasteiger charge is 2.43. The summed E-state index contributed by atoms with van der Waals surface area (Å²) in [7, 11) is 1.51. The van der Waals surface area contributed by atoms with Crippen LogP contribution >= 0.6 is 0 Å². The molecule has 0 aromatic rings. The lowest BCUT2D eigenvalue weighted by Gasteiger charge is -2.47. The van der Waals surface area contributed by atoms with Crippen molar-refractivity contribution in [1.82, 2.24) is 4.90 Å². The smallest absolute Gasteiger partial charge is 0.242 e. The Morgan fingerprint density at radius 2 is 2.27 bits per heavy atom. The number of hydrogen-bond acceptors (Lipinski definition) is 4. The van der Waals surface area contributed by atoms with E-state index in [1.165, 1.54) is 7.11 Å². The molecule has 1 unspecified atom stereocenters. The summed E-state index contributed by atoms with van der Waals surface area (Å²) in [6.07, 6.45) is 1.65. The molecule has 1 fully saturated rings. The van der Waals surface area contributed by atoms with E-state index in [1.807, 2.05) is 6.92 Å². The highest BCUT2D eigenvalue weighted by Crippen LogP contribution is 2.25. The van der Waals surface area contributed by atoms with Crippen LogP contribution in [0.4, 0.5) is 0 Å². The third-order valence-corrected chi connectivity index (χ3v) is 2.66. The number of β-amino-alcohol motifs (C(OH)–C–C–N with tert-alkyl or cyclic N) is 1. The third kappa shape index (κ3) is 2.90. The molecule has 5 heteroatoms. The molecule has 1 amide bonds. The second-order valence-electron chi connectivity index (χ2n) is 4.23. The topological polar surface area (TPSA) is 75.8 Å². The van der Waals surface area contributed by atoms with Crippen molar-refractivity contribution in [3.8, 4) is 0 Å². The van der Waals surface area contributed by atoms with Gasteiger partial charge in [-0.25, -0.2) is 0 Å². The fraction of sp³-hybridized carbons (Fsp3) is 0.900. The molecule has 1 aliphatic rings. The summed E-state index contributed by atoms with van der Waals surface area (Å²) in [6.45, 7) is 3.04. The van der Waals surface area contributed by atoms with Crippen LogP contribution in [0, 0.1) is 0 Å². The Labute approximate surface area is 90.2 Å². The number of methoxy groups -OCH3 is 1. The highest BCUT2D eigenvalue weighted by molar-refractivity contribution is 5.82. The number of aliphatic hydroxyl groups is 1. The molecular formula is C10H20N2O3. The normalized spacial score (nSPS) is 20.9. The average molecular weight is 216 g/mol. The second-order valence-corrected chi connectivity index (χ2v) is 4.23. The van der Waals surface area contributed by atoms with Gasteiger partial charge in [0.15, 0.2) is 0 Å². The SMILES string of the molecule is CCCC1(O)CN(C(=O)C(N)COC)C1. The first kappa shape index (κ1) is 12.4. The van der Waals surface area contributed by atoms with E-state index in [2.05, 4.69) is 0 Å². The van der Waals surface area contributed by atoms with Gasteiger partial charge in [0, 0.05) is 7.11 Å². The van der Waals surface area contributed by atoms with Crippen molar-refractivity contribution in [2.75, 3.05) is 26.8 Å². The Balaban J connectivity index is 2.34. The standard InChI is InChI=1S/C10H20N2O3/c1-3-4-10(14)6-12(7-10)9(13)8(11)5-15-2/h8,14H,3-7,11H2,1-2H3. The number of nitrogens with zero attached hydrogens (tertiary/aromatic N) is 1. The molecule has 3 N–H and O–H groups in total. The summed E-state index contributed by atoms with van der Waals surface area (Å²) in [4.78, 5) is 13.2. The average Bonchev–Trinajstić information content (AvgIpc) is 2.13. The van der Waals surface area contributed by atoms with Crippen molar-refractivity contribution in [2.24, 2.45) is 5.73 Å². The summed E-state index contributed by atoms with van der Waals surface area (Å²) in [5.41, 5.74) is 4.92. The molecule has 0 saturated carbocycles. The van der Waals surface area contributed by atoms with Crippen LogP contribution in [0.15, 0.2) is 0 Å². The monoisotopic (exact) mass is 216 g/mol. The van der Waals surface area contributed by atoms with E-state index >= 15 is 0 Å². The van der Waals surface area contributed by atoms with Crippen LogP contribution in [0.2, 0.25) is 0 Å². The van der Waals surface area contributed by atoms with Crippen LogP contribution in [0.25, 0.3) is 0 Å². The molecule has 0 spiro atoms. The zero-order valence-electron chi connectivity index (χ0n) is 9.40. The Kier molecular flexibility index (Phi) is 4.07. The molecular weight excluding hydrogens is 196 g/mol. The molecule has 0 aromatic carbocycles. The van der Waals surface area contributed by atoms with Crippen molar-refractivity contribution in [3.63, 3.8) is 0 Å². The van der Waals surface area contributed by atoms with Crippen LogP contribution in [-0.4, -0.2) is 54.4 Å². The fourth-order valence-electron chi connectivity index (χ4n) is 1.93. The summed E-state index contributed by atoms with van der Waals surface area (Å²) >= 11 is 0. The van der Waals surface area contributed by atoms with Crippen LogP contribution in [-0.2, 0) is 9.53 Å². The summed E-state index contributed by atoms with van der Waals surface area (Å²) in [6, 6.07) is -0.610. The Bertz CT molecular complexity index is 227. The largest absolute Gasteiger partial charge is 0.386 e. The molecule has 1 atom stereocenters. The quantitative estimate of drug-likeness (QED) is 0.639. The molecule has 5 nitrogen and oxygen atoms in total. The van der Waals surface area contributed by atoms with Gasteiger partial charge in [-0.05, 0) is 6.42 Å². The maximum absolute atomic E-state index is 11.6. The Hall–Kier alpha value is -0.650. The first-order valence-corrected chi connectivity index (χ1v) is 5.28. The number of hydrogen-bond donors (Lipinski definition) is 2. The number of likely N-dealkylation sites (tertiary alicyclic amines) is 1. The maximum atomic E-state index is 11.6. The number of amides is 1. The number of rotatable bonds is 5. The van der Waals surface area contributed by atoms with E-state index < -0.39 is 11.6 Å². The van der Waals surface area contributed by atoms with E-state index in [-0.39, 0.29) is 12.5 Å².